The quantitative estimate of drug-likeness (QED) is 0.801. The van der Waals surface area contributed by atoms with Gasteiger partial charge in [-0.15, -0.1) is 24.0 Å². The molecule has 0 aliphatic carbocycles. The van der Waals surface area contributed by atoms with Crippen LogP contribution in [0.15, 0.2) is 16.3 Å². The molecule has 0 atom stereocenters. The van der Waals surface area contributed by atoms with Crippen LogP contribution >= 0.6 is 24.0 Å². The van der Waals surface area contributed by atoms with E-state index in [1.807, 2.05) is 6.92 Å². The van der Waals surface area contributed by atoms with Crippen LogP contribution in [0.1, 0.15) is 23.0 Å². The van der Waals surface area contributed by atoms with E-state index in [-0.39, 0.29) is 18.4 Å². The Balaban J connectivity index is 2.50. The highest BCUT2D eigenvalue weighted by molar-refractivity contribution is 7.80. The van der Waals surface area contributed by atoms with Crippen LogP contribution in [0.25, 0.3) is 0 Å². The number of rotatable bonds is 5. The Morgan fingerprint density at radius 2 is 2.24 bits per heavy atom. The van der Waals surface area contributed by atoms with E-state index in [1.54, 1.807) is 18.5 Å². The summed E-state index contributed by atoms with van der Waals surface area (Å²) in [4.78, 5) is 26.1. The maximum atomic E-state index is 11.9. The highest BCUT2D eigenvalue weighted by atomic mass is 32.1. The van der Waals surface area contributed by atoms with Crippen LogP contribution in [-0.4, -0.2) is 36.9 Å². The second kappa shape index (κ2) is 6.66. The Morgan fingerprint density at radius 3 is 2.76 bits per heavy atom. The summed E-state index contributed by atoms with van der Waals surface area (Å²) in [7, 11) is 1.62. The topological polar surface area (TPSA) is 49.4 Å². The molecule has 1 heterocycles. The molecule has 0 aliphatic heterocycles. The molecule has 1 N–H and O–H groups in total. The smallest absolute Gasteiger partial charge is 0.264 e. The van der Waals surface area contributed by atoms with Crippen molar-refractivity contribution >= 4 is 35.8 Å². The number of carbonyl (C=O) groups is 2. The molecule has 6 heteroatoms. The van der Waals surface area contributed by atoms with Gasteiger partial charge in [0, 0.05) is 23.9 Å². The molecule has 0 aromatic carbocycles. The van der Waals surface area contributed by atoms with Crippen molar-refractivity contribution in [3.63, 3.8) is 0 Å². The minimum Gasteiger partial charge on any atom is -0.355 e. The monoisotopic (exact) mass is 272 g/mol. The van der Waals surface area contributed by atoms with Crippen molar-refractivity contribution < 1.29 is 9.59 Å². The average Bonchev–Trinajstić information content (AvgIpc) is 2.72. The lowest BCUT2D eigenvalue weighted by atomic mass is 10.4. The zero-order valence-corrected chi connectivity index (χ0v) is 11.6. The van der Waals surface area contributed by atoms with Gasteiger partial charge in [-0.25, -0.2) is 0 Å². The third-order valence-corrected chi connectivity index (χ3v) is 3.45. The predicted octanol–water partition coefficient (Wildman–Crippen LogP) is 1.63. The van der Waals surface area contributed by atoms with Gasteiger partial charge in [0.2, 0.25) is 5.91 Å². The molecule has 94 valence electrons. The van der Waals surface area contributed by atoms with Gasteiger partial charge in [-0.2, -0.15) is 0 Å². The number of nitrogens with one attached hydrogen (secondary N) is 1. The van der Waals surface area contributed by atoms with Gasteiger partial charge in [-0.3, -0.25) is 9.59 Å². The highest BCUT2D eigenvalue weighted by Gasteiger charge is 2.16. The Kier molecular flexibility index (Phi) is 5.50. The summed E-state index contributed by atoms with van der Waals surface area (Å²) in [5, 5.41) is 4.52. The van der Waals surface area contributed by atoms with Gasteiger partial charge in [0.15, 0.2) is 0 Å². The molecular formula is C11H16N2O2S2. The minimum absolute atomic E-state index is 0.0820. The van der Waals surface area contributed by atoms with E-state index in [9.17, 15) is 9.59 Å². The SMILES string of the molecule is CCCNC(=O)CN(C)C(=O)c1cc(S)cs1. The Bertz CT molecular complexity index is 404. The van der Waals surface area contributed by atoms with Crippen LogP contribution < -0.4 is 5.32 Å². The van der Waals surface area contributed by atoms with Gasteiger partial charge in [0.25, 0.3) is 5.91 Å². The molecule has 1 aromatic heterocycles. The maximum absolute atomic E-state index is 11.9. The summed E-state index contributed by atoms with van der Waals surface area (Å²) in [6, 6.07) is 1.70. The van der Waals surface area contributed by atoms with E-state index in [0.717, 1.165) is 11.3 Å². The van der Waals surface area contributed by atoms with Crippen LogP contribution in [0.2, 0.25) is 0 Å². The summed E-state index contributed by atoms with van der Waals surface area (Å²) < 4.78 is 0. The lowest BCUT2D eigenvalue weighted by molar-refractivity contribution is -0.121. The van der Waals surface area contributed by atoms with Crippen LogP contribution in [0.3, 0.4) is 0 Å². The highest BCUT2D eigenvalue weighted by Crippen LogP contribution is 2.18. The summed E-state index contributed by atoms with van der Waals surface area (Å²) in [6.07, 6.45) is 0.886. The van der Waals surface area contributed by atoms with E-state index in [2.05, 4.69) is 17.9 Å². The van der Waals surface area contributed by atoms with Crippen molar-refractivity contribution in [2.24, 2.45) is 0 Å². The van der Waals surface area contributed by atoms with E-state index in [1.165, 1.54) is 16.2 Å². The number of likely N-dealkylation sites (N-methyl/N-ethyl adjacent to an activating group) is 1. The molecule has 0 bridgehead atoms. The number of thiophene rings is 1. The minimum atomic E-state index is -0.151. The van der Waals surface area contributed by atoms with Gasteiger partial charge in [0.05, 0.1) is 11.4 Å². The lowest BCUT2D eigenvalue weighted by Gasteiger charge is -2.15. The molecule has 2 amide bonds. The first-order valence-corrected chi connectivity index (χ1v) is 6.67. The van der Waals surface area contributed by atoms with Crippen LogP contribution in [-0.2, 0) is 4.79 Å². The molecule has 1 aromatic rings. The van der Waals surface area contributed by atoms with Gasteiger partial charge < -0.3 is 10.2 Å². The zero-order chi connectivity index (χ0) is 12.8. The molecule has 0 spiro atoms. The summed E-state index contributed by atoms with van der Waals surface area (Å²) in [6.45, 7) is 2.70. The van der Waals surface area contributed by atoms with Gasteiger partial charge in [-0.05, 0) is 12.5 Å². The number of hydrogen-bond donors (Lipinski definition) is 2. The second-order valence-corrected chi connectivity index (χ2v) is 5.11. The average molecular weight is 272 g/mol. The number of hydrogen-bond acceptors (Lipinski definition) is 4. The number of carbonyl (C=O) groups excluding carboxylic acids is 2. The molecule has 0 radical (unpaired) electrons. The van der Waals surface area contributed by atoms with Crippen molar-refractivity contribution in [3.05, 3.63) is 16.3 Å². The first-order chi connectivity index (χ1) is 8.04. The third kappa shape index (κ3) is 4.40. The Hall–Kier alpha value is -1.01. The molecule has 0 aliphatic rings. The molecule has 0 saturated heterocycles. The summed E-state index contributed by atoms with van der Waals surface area (Å²) >= 11 is 5.48. The first-order valence-electron chi connectivity index (χ1n) is 5.34. The van der Waals surface area contributed by atoms with Crippen molar-refractivity contribution in [2.75, 3.05) is 20.1 Å². The molecule has 1 rings (SSSR count). The van der Waals surface area contributed by atoms with E-state index in [0.29, 0.717) is 11.4 Å². The van der Waals surface area contributed by atoms with E-state index in [4.69, 9.17) is 0 Å². The maximum Gasteiger partial charge on any atom is 0.264 e. The Labute approximate surface area is 110 Å². The summed E-state index contributed by atoms with van der Waals surface area (Å²) in [5.41, 5.74) is 0. The fourth-order valence-corrected chi connectivity index (χ4v) is 2.38. The molecule has 0 saturated carbocycles. The largest absolute Gasteiger partial charge is 0.355 e. The molecular weight excluding hydrogens is 256 g/mol. The van der Waals surface area contributed by atoms with Gasteiger partial charge >= 0.3 is 0 Å². The van der Waals surface area contributed by atoms with Gasteiger partial charge in [-0.1, -0.05) is 6.92 Å². The molecule has 0 fully saturated rings. The standard InChI is InChI=1S/C11H16N2O2S2/c1-3-4-12-10(14)6-13(2)11(15)9-5-8(16)7-17-9/h5,7,16H,3-4,6H2,1-2H3,(H,12,14). The van der Waals surface area contributed by atoms with Crippen molar-refractivity contribution in [2.45, 2.75) is 18.2 Å². The predicted molar refractivity (Wildman–Crippen MR) is 71.8 cm³/mol. The fourth-order valence-electron chi connectivity index (χ4n) is 1.23. The Morgan fingerprint density at radius 1 is 1.53 bits per heavy atom. The van der Waals surface area contributed by atoms with Crippen molar-refractivity contribution in [1.29, 1.82) is 0 Å². The van der Waals surface area contributed by atoms with Crippen molar-refractivity contribution in [1.82, 2.24) is 10.2 Å². The molecule has 17 heavy (non-hydrogen) atoms. The fraction of sp³-hybridized carbons (Fsp3) is 0.455. The number of thiol groups is 1. The second-order valence-electron chi connectivity index (χ2n) is 3.68. The summed E-state index contributed by atoms with van der Waals surface area (Å²) in [5.74, 6) is -0.285. The van der Waals surface area contributed by atoms with Crippen molar-refractivity contribution in [3.8, 4) is 0 Å². The number of nitrogens with zero attached hydrogens (tertiary/aromatic N) is 1. The van der Waals surface area contributed by atoms with Crippen LogP contribution in [0.4, 0.5) is 0 Å². The molecule has 4 nitrogen and oxygen atoms in total. The normalized spacial score (nSPS) is 10.1. The third-order valence-electron chi connectivity index (χ3n) is 2.10. The molecule has 0 unspecified atom stereocenters. The van der Waals surface area contributed by atoms with Crippen LogP contribution in [0, 0.1) is 0 Å². The zero-order valence-electron chi connectivity index (χ0n) is 9.90. The van der Waals surface area contributed by atoms with E-state index < -0.39 is 0 Å². The first kappa shape index (κ1) is 14.1. The van der Waals surface area contributed by atoms with Gasteiger partial charge in [0.1, 0.15) is 0 Å². The van der Waals surface area contributed by atoms with Crippen LogP contribution in [0.5, 0.6) is 0 Å². The number of amides is 2. The van der Waals surface area contributed by atoms with E-state index >= 15 is 0 Å². The lowest BCUT2D eigenvalue weighted by Crippen LogP contribution is -2.38.